The van der Waals surface area contributed by atoms with Crippen molar-refractivity contribution in [2.24, 2.45) is 5.92 Å². The topological polar surface area (TPSA) is 29.1 Å². The maximum Gasteiger partial charge on any atom is 0.166 e. The molecule has 0 bridgehead atoms. The second-order valence-electron chi connectivity index (χ2n) is 3.98. The van der Waals surface area contributed by atoms with Crippen molar-refractivity contribution in [3.8, 4) is 0 Å². The molecule has 79 valence electrons. The van der Waals surface area contributed by atoms with Crippen LogP contribution in [-0.4, -0.2) is 18.9 Å². The van der Waals surface area contributed by atoms with Gasteiger partial charge in [0, 0.05) is 12.0 Å². The summed E-state index contributed by atoms with van der Waals surface area (Å²) < 4.78 is 0. The fourth-order valence-corrected chi connectivity index (χ4v) is 1.92. The third-order valence-corrected chi connectivity index (χ3v) is 2.83. The van der Waals surface area contributed by atoms with E-state index < -0.39 is 0 Å². The minimum Gasteiger partial charge on any atom is -0.317 e. The molecule has 2 rings (SSSR count). The molecule has 0 aromatic heterocycles. The quantitative estimate of drug-likeness (QED) is 0.760. The van der Waals surface area contributed by atoms with E-state index in [9.17, 15) is 4.79 Å². The van der Waals surface area contributed by atoms with Crippen molar-refractivity contribution in [1.82, 2.24) is 5.32 Å². The summed E-state index contributed by atoms with van der Waals surface area (Å²) in [6, 6.07) is 9.49. The van der Waals surface area contributed by atoms with Crippen molar-refractivity contribution in [3.05, 3.63) is 42.3 Å². The Balaban J connectivity index is 1.91. The Labute approximate surface area is 90.7 Å². The Hall–Kier alpha value is -1.15. The zero-order valence-corrected chi connectivity index (χ0v) is 8.78. The van der Waals surface area contributed by atoms with Gasteiger partial charge in [0.15, 0.2) is 5.78 Å². The molecule has 0 aliphatic carbocycles. The maximum absolute atomic E-state index is 11.8. The van der Waals surface area contributed by atoms with Crippen LogP contribution < -0.4 is 5.32 Å². The first-order valence-corrected chi connectivity index (χ1v) is 5.51. The Morgan fingerprint density at radius 2 is 1.87 bits per heavy atom. The molecular weight excluding hydrogens is 186 g/mol. The van der Waals surface area contributed by atoms with Gasteiger partial charge in [-0.15, -0.1) is 0 Å². The summed E-state index contributed by atoms with van der Waals surface area (Å²) >= 11 is 0. The first kappa shape index (κ1) is 10.4. The highest BCUT2D eigenvalue weighted by Gasteiger charge is 2.17. The highest BCUT2D eigenvalue weighted by Crippen LogP contribution is 2.17. The molecule has 1 saturated heterocycles. The lowest BCUT2D eigenvalue weighted by atomic mass is 9.91. The Morgan fingerprint density at radius 1 is 1.20 bits per heavy atom. The number of benzene rings is 1. The van der Waals surface area contributed by atoms with Gasteiger partial charge in [0.1, 0.15) is 0 Å². The lowest BCUT2D eigenvalue weighted by molar-refractivity contribution is 0.101. The van der Waals surface area contributed by atoms with Crippen molar-refractivity contribution in [1.29, 1.82) is 0 Å². The number of Topliss-reactive ketones (excluding diaryl/α,β-unsaturated/α-hetero) is 1. The zero-order valence-electron chi connectivity index (χ0n) is 8.78. The van der Waals surface area contributed by atoms with E-state index in [1.54, 1.807) is 0 Å². The van der Waals surface area contributed by atoms with E-state index in [-0.39, 0.29) is 5.78 Å². The molecule has 0 amide bonds. The van der Waals surface area contributed by atoms with Crippen LogP contribution in [0.2, 0.25) is 0 Å². The van der Waals surface area contributed by atoms with Crippen molar-refractivity contribution in [2.75, 3.05) is 13.1 Å². The van der Waals surface area contributed by atoms with Gasteiger partial charge in [-0.1, -0.05) is 30.3 Å². The smallest absolute Gasteiger partial charge is 0.166 e. The van der Waals surface area contributed by atoms with Gasteiger partial charge in [-0.25, -0.2) is 0 Å². The second-order valence-corrected chi connectivity index (χ2v) is 3.98. The average molecular weight is 202 g/mol. The number of ketones is 1. The predicted octanol–water partition coefficient (Wildman–Crippen LogP) is 2.07. The van der Waals surface area contributed by atoms with Gasteiger partial charge in [-0.3, -0.25) is 4.79 Å². The van der Waals surface area contributed by atoms with Crippen molar-refractivity contribution in [2.45, 2.75) is 12.8 Å². The van der Waals surface area contributed by atoms with E-state index in [0.717, 1.165) is 31.5 Å². The number of rotatable bonds is 3. The molecule has 0 unspecified atom stereocenters. The van der Waals surface area contributed by atoms with Gasteiger partial charge in [0.25, 0.3) is 0 Å². The number of carbonyl (C=O) groups excluding carboxylic acids is 1. The molecule has 0 saturated carbocycles. The first-order valence-electron chi connectivity index (χ1n) is 5.51. The van der Waals surface area contributed by atoms with E-state index in [0.29, 0.717) is 5.92 Å². The largest absolute Gasteiger partial charge is 0.317 e. The Morgan fingerprint density at radius 3 is 2.53 bits per heavy atom. The van der Waals surface area contributed by atoms with E-state index in [2.05, 4.69) is 5.32 Å². The molecular formula is C13H16NO. The Kier molecular flexibility index (Phi) is 3.51. The molecule has 2 heteroatoms. The van der Waals surface area contributed by atoms with E-state index in [1.165, 1.54) is 0 Å². The SMILES string of the molecule is O=C([CH]C1CCNCC1)c1ccccc1. The van der Waals surface area contributed by atoms with Crippen LogP contribution in [0.15, 0.2) is 30.3 Å². The van der Waals surface area contributed by atoms with Gasteiger partial charge >= 0.3 is 0 Å². The molecule has 1 N–H and O–H groups in total. The van der Waals surface area contributed by atoms with Gasteiger partial charge in [-0.05, 0) is 31.8 Å². The summed E-state index contributed by atoms with van der Waals surface area (Å²) in [6.45, 7) is 2.06. The van der Waals surface area contributed by atoms with Crippen LogP contribution in [0, 0.1) is 12.3 Å². The molecule has 1 aliphatic heterocycles. The molecule has 1 radical (unpaired) electrons. The number of carbonyl (C=O) groups is 1. The van der Waals surface area contributed by atoms with Crippen LogP contribution in [0.1, 0.15) is 23.2 Å². The van der Waals surface area contributed by atoms with E-state index >= 15 is 0 Å². The van der Waals surface area contributed by atoms with Gasteiger partial charge in [0.05, 0.1) is 0 Å². The highest BCUT2D eigenvalue weighted by molar-refractivity contribution is 6.02. The molecule has 0 spiro atoms. The van der Waals surface area contributed by atoms with Crippen LogP contribution in [0.3, 0.4) is 0 Å². The van der Waals surface area contributed by atoms with Gasteiger partial charge in [-0.2, -0.15) is 0 Å². The second kappa shape index (κ2) is 5.08. The molecule has 0 atom stereocenters. The number of nitrogens with one attached hydrogen (secondary N) is 1. The lowest BCUT2D eigenvalue weighted by Gasteiger charge is -2.21. The molecule has 1 aromatic rings. The molecule has 1 aromatic carbocycles. The summed E-state index contributed by atoms with van der Waals surface area (Å²) in [6.07, 6.45) is 4.05. The van der Waals surface area contributed by atoms with Crippen molar-refractivity contribution < 1.29 is 4.79 Å². The fraction of sp³-hybridized carbons (Fsp3) is 0.385. The van der Waals surface area contributed by atoms with Crippen molar-refractivity contribution in [3.63, 3.8) is 0 Å². The zero-order chi connectivity index (χ0) is 10.5. The number of piperidine rings is 1. The number of hydrogen-bond acceptors (Lipinski definition) is 2. The van der Waals surface area contributed by atoms with Gasteiger partial charge < -0.3 is 5.32 Å². The normalized spacial score (nSPS) is 17.6. The third kappa shape index (κ3) is 2.90. The van der Waals surface area contributed by atoms with Crippen LogP contribution >= 0.6 is 0 Å². The first-order chi connectivity index (χ1) is 7.36. The molecule has 2 nitrogen and oxygen atoms in total. The van der Waals surface area contributed by atoms with E-state index in [1.807, 2.05) is 36.8 Å². The minimum absolute atomic E-state index is 0.169. The number of hydrogen-bond donors (Lipinski definition) is 1. The summed E-state index contributed by atoms with van der Waals surface area (Å²) in [4.78, 5) is 11.8. The maximum atomic E-state index is 11.8. The standard InChI is InChI=1S/C13H16NO/c15-13(12-4-2-1-3-5-12)10-11-6-8-14-9-7-11/h1-5,10-11,14H,6-9H2. The third-order valence-electron chi connectivity index (χ3n) is 2.83. The summed E-state index contributed by atoms with van der Waals surface area (Å²) in [7, 11) is 0. The van der Waals surface area contributed by atoms with Crippen LogP contribution in [0.25, 0.3) is 0 Å². The van der Waals surface area contributed by atoms with Crippen LogP contribution in [0.5, 0.6) is 0 Å². The molecule has 1 aliphatic rings. The van der Waals surface area contributed by atoms with Crippen LogP contribution in [-0.2, 0) is 0 Å². The average Bonchev–Trinajstić information content (AvgIpc) is 2.31. The minimum atomic E-state index is 0.169. The van der Waals surface area contributed by atoms with Crippen molar-refractivity contribution >= 4 is 5.78 Å². The monoisotopic (exact) mass is 202 g/mol. The summed E-state index contributed by atoms with van der Waals surface area (Å²) in [5, 5.41) is 3.30. The summed E-state index contributed by atoms with van der Waals surface area (Å²) in [5.74, 6) is 0.626. The van der Waals surface area contributed by atoms with E-state index in [4.69, 9.17) is 0 Å². The predicted molar refractivity (Wildman–Crippen MR) is 60.7 cm³/mol. The fourth-order valence-electron chi connectivity index (χ4n) is 1.92. The lowest BCUT2D eigenvalue weighted by Crippen LogP contribution is -2.29. The van der Waals surface area contributed by atoms with Crippen LogP contribution in [0.4, 0.5) is 0 Å². The molecule has 15 heavy (non-hydrogen) atoms. The summed E-state index contributed by atoms with van der Waals surface area (Å²) in [5.41, 5.74) is 0.802. The molecule has 1 fully saturated rings. The van der Waals surface area contributed by atoms with Gasteiger partial charge in [0.2, 0.25) is 0 Å². The Bertz CT molecular complexity index is 315. The molecule has 1 heterocycles. The highest BCUT2D eigenvalue weighted by atomic mass is 16.1.